The highest BCUT2D eigenvalue weighted by molar-refractivity contribution is 7.91. The highest BCUT2D eigenvalue weighted by Crippen LogP contribution is 2.31. The summed E-state index contributed by atoms with van der Waals surface area (Å²) in [6, 6.07) is 9.68. The first kappa shape index (κ1) is 20.9. The van der Waals surface area contributed by atoms with E-state index in [9.17, 15) is 31.5 Å². The van der Waals surface area contributed by atoms with Crippen molar-refractivity contribution in [2.45, 2.75) is 30.5 Å². The van der Waals surface area contributed by atoms with Gasteiger partial charge in [-0.25, -0.2) is 8.42 Å². The van der Waals surface area contributed by atoms with Crippen LogP contribution >= 0.6 is 0 Å². The Hall–Kier alpha value is -2.39. The van der Waals surface area contributed by atoms with Gasteiger partial charge in [0.05, 0.1) is 16.2 Å². The van der Waals surface area contributed by atoms with Crippen molar-refractivity contribution in [3.63, 3.8) is 0 Å². The summed E-state index contributed by atoms with van der Waals surface area (Å²) in [7, 11) is -3.99. The number of aryl methyl sites for hydroxylation is 1. The molecule has 2 rings (SSSR count). The summed E-state index contributed by atoms with van der Waals surface area (Å²) < 4.78 is 63.0. The average Bonchev–Trinajstić information content (AvgIpc) is 2.53. The van der Waals surface area contributed by atoms with Gasteiger partial charge in [-0.3, -0.25) is 4.79 Å². The summed E-state index contributed by atoms with van der Waals surface area (Å²) in [5.41, 5.74) is -2.70. The molecule has 0 heterocycles. The maximum Gasteiger partial charge on any atom is 0.416 e. The lowest BCUT2D eigenvalue weighted by molar-refractivity contribution is -0.137. The van der Waals surface area contributed by atoms with Crippen LogP contribution in [0.5, 0.6) is 0 Å². The number of halogens is 3. The number of anilines is 1. The van der Waals surface area contributed by atoms with E-state index in [0.717, 1.165) is 24.6 Å². The second-order valence-corrected chi connectivity index (χ2v) is 8.37. The fraction of sp³-hybridized carbons (Fsp3) is 0.278. The predicted molar refractivity (Wildman–Crippen MR) is 93.9 cm³/mol. The molecule has 0 saturated carbocycles. The van der Waals surface area contributed by atoms with Gasteiger partial charge in [0, 0.05) is 5.69 Å². The van der Waals surface area contributed by atoms with Crippen LogP contribution in [-0.2, 0) is 20.8 Å². The molecule has 0 bridgehead atoms. The summed E-state index contributed by atoms with van der Waals surface area (Å²) >= 11 is 0. The van der Waals surface area contributed by atoms with E-state index in [-0.39, 0.29) is 10.6 Å². The summed E-state index contributed by atoms with van der Waals surface area (Å²) in [6.07, 6.45) is -4.60. The second kappa shape index (κ2) is 7.32. The van der Waals surface area contributed by atoms with Crippen LogP contribution in [0, 0.1) is 6.92 Å². The van der Waals surface area contributed by atoms with E-state index in [1.807, 2.05) is 0 Å². The number of alkyl halides is 3. The highest BCUT2D eigenvalue weighted by atomic mass is 32.2. The standard InChI is InChI=1S/C18H18F3NO4S/c1-12-6-8-15(9-7-12)27(25,26)11-17(2,24)16(23)22-14-5-3-4-13(10-14)18(19,20)21/h3-10,24H,11H2,1-2H3,(H,22,23)/t17-/m0/s1. The molecule has 27 heavy (non-hydrogen) atoms. The van der Waals surface area contributed by atoms with E-state index >= 15 is 0 Å². The van der Waals surface area contributed by atoms with Crippen LogP contribution in [-0.4, -0.2) is 30.8 Å². The van der Waals surface area contributed by atoms with Crippen molar-refractivity contribution in [2.75, 3.05) is 11.1 Å². The minimum absolute atomic E-state index is 0.0692. The van der Waals surface area contributed by atoms with Crippen molar-refractivity contribution < 1.29 is 31.5 Å². The van der Waals surface area contributed by atoms with E-state index in [1.54, 1.807) is 19.1 Å². The highest BCUT2D eigenvalue weighted by Gasteiger charge is 2.37. The van der Waals surface area contributed by atoms with Gasteiger partial charge in [0.25, 0.3) is 5.91 Å². The van der Waals surface area contributed by atoms with Crippen molar-refractivity contribution in [3.8, 4) is 0 Å². The Balaban J connectivity index is 2.19. The van der Waals surface area contributed by atoms with Gasteiger partial charge in [-0.15, -0.1) is 0 Å². The zero-order valence-corrected chi connectivity index (χ0v) is 15.4. The molecule has 2 aromatic carbocycles. The third kappa shape index (κ3) is 5.30. The number of aliphatic hydroxyl groups is 1. The molecule has 0 radical (unpaired) electrons. The number of carbonyl (C=O) groups excluding carboxylic acids is 1. The normalized spacial score (nSPS) is 14.4. The molecule has 1 amide bonds. The second-order valence-electron chi connectivity index (χ2n) is 6.38. The molecular weight excluding hydrogens is 383 g/mol. The summed E-state index contributed by atoms with van der Waals surface area (Å²) in [4.78, 5) is 12.2. The molecule has 2 N–H and O–H groups in total. The van der Waals surface area contributed by atoms with Gasteiger partial charge in [-0.1, -0.05) is 23.8 Å². The number of rotatable bonds is 5. The van der Waals surface area contributed by atoms with Gasteiger partial charge in [0.2, 0.25) is 0 Å². The molecular formula is C18H18F3NO4S. The van der Waals surface area contributed by atoms with Crippen LogP contribution in [0.25, 0.3) is 0 Å². The molecule has 0 aliphatic carbocycles. The number of benzene rings is 2. The van der Waals surface area contributed by atoms with Crippen LogP contribution in [0.15, 0.2) is 53.4 Å². The zero-order chi connectivity index (χ0) is 20.5. The van der Waals surface area contributed by atoms with Gasteiger partial charge < -0.3 is 10.4 Å². The number of carbonyl (C=O) groups is 1. The Morgan fingerprint density at radius 2 is 1.70 bits per heavy atom. The van der Waals surface area contributed by atoms with Crippen molar-refractivity contribution in [1.82, 2.24) is 0 Å². The monoisotopic (exact) mass is 401 g/mol. The minimum atomic E-state index is -4.60. The van der Waals surface area contributed by atoms with Gasteiger partial charge in [0.15, 0.2) is 15.4 Å². The average molecular weight is 401 g/mol. The van der Waals surface area contributed by atoms with Gasteiger partial charge in [0.1, 0.15) is 0 Å². The maximum absolute atomic E-state index is 12.7. The van der Waals surface area contributed by atoms with Crippen LogP contribution < -0.4 is 5.32 Å². The van der Waals surface area contributed by atoms with Gasteiger partial charge in [-0.2, -0.15) is 13.2 Å². The lowest BCUT2D eigenvalue weighted by atomic mass is 10.1. The Labute approximate surface area is 154 Å². The Morgan fingerprint density at radius 1 is 1.11 bits per heavy atom. The number of sulfone groups is 1. The smallest absolute Gasteiger partial charge is 0.379 e. The SMILES string of the molecule is Cc1ccc(S(=O)(=O)C[C@](C)(O)C(=O)Nc2cccc(C(F)(F)F)c2)cc1. The van der Waals surface area contributed by atoms with Crippen molar-refractivity contribution in [2.24, 2.45) is 0 Å². The van der Waals surface area contributed by atoms with Crippen molar-refractivity contribution in [3.05, 3.63) is 59.7 Å². The molecule has 0 fully saturated rings. The van der Waals surface area contributed by atoms with Crippen molar-refractivity contribution in [1.29, 1.82) is 0 Å². The molecule has 2 aromatic rings. The maximum atomic E-state index is 12.7. The Morgan fingerprint density at radius 3 is 2.26 bits per heavy atom. The summed E-state index contributed by atoms with van der Waals surface area (Å²) in [6.45, 7) is 2.76. The van der Waals surface area contributed by atoms with Crippen LogP contribution in [0.4, 0.5) is 18.9 Å². The van der Waals surface area contributed by atoms with E-state index in [0.29, 0.717) is 6.07 Å². The molecule has 9 heteroatoms. The molecule has 0 aliphatic heterocycles. The van der Waals surface area contributed by atoms with Crippen LogP contribution in [0.3, 0.4) is 0 Å². The molecule has 0 aliphatic rings. The quantitative estimate of drug-likeness (QED) is 0.806. The fourth-order valence-corrected chi connectivity index (χ4v) is 3.89. The third-order valence-electron chi connectivity index (χ3n) is 3.79. The number of amides is 1. The van der Waals surface area contributed by atoms with Gasteiger partial charge >= 0.3 is 6.18 Å². The minimum Gasteiger partial charge on any atom is -0.379 e. The molecule has 5 nitrogen and oxygen atoms in total. The first-order valence-corrected chi connectivity index (χ1v) is 9.47. The Kier molecular flexibility index (Phi) is 5.67. The molecule has 146 valence electrons. The number of nitrogens with one attached hydrogen (secondary N) is 1. The first-order chi connectivity index (χ1) is 12.3. The van der Waals surface area contributed by atoms with E-state index < -0.39 is 38.8 Å². The molecule has 0 spiro atoms. The fourth-order valence-electron chi connectivity index (χ4n) is 2.30. The van der Waals surface area contributed by atoms with Gasteiger partial charge in [-0.05, 0) is 44.2 Å². The lowest BCUT2D eigenvalue weighted by Crippen LogP contribution is -2.45. The number of hydrogen-bond acceptors (Lipinski definition) is 4. The first-order valence-electron chi connectivity index (χ1n) is 7.82. The van der Waals surface area contributed by atoms with E-state index in [4.69, 9.17) is 0 Å². The van der Waals surface area contributed by atoms with E-state index in [2.05, 4.69) is 5.32 Å². The summed E-state index contributed by atoms with van der Waals surface area (Å²) in [5.74, 6) is -2.05. The molecule has 1 atom stereocenters. The topological polar surface area (TPSA) is 83.5 Å². The Bertz CT molecular complexity index is 936. The predicted octanol–water partition coefficient (Wildman–Crippen LogP) is 3.18. The molecule has 0 saturated heterocycles. The zero-order valence-electron chi connectivity index (χ0n) is 14.5. The van der Waals surface area contributed by atoms with Crippen molar-refractivity contribution >= 4 is 21.4 Å². The van der Waals surface area contributed by atoms with Crippen LogP contribution in [0.2, 0.25) is 0 Å². The van der Waals surface area contributed by atoms with E-state index in [1.165, 1.54) is 18.2 Å². The summed E-state index contributed by atoms with van der Waals surface area (Å²) in [5, 5.41) is 12.4. The number of hydrogen-bond donors (Lipinski definition) is 2. The third-order valence-corrected chi connectivity index (χ3v) is 5.72. The largest absolute Gasteiger partial charge is 0.416 e. The van der Waals surface area contributed by atoms with Crippen LogP contribution in [0.1, 0.15) is 18.1 Å². The lowest BCUT2D eigenvalue weighted by Gasteiger charge is -2.22. The molecule has 0 unspecified atom stereocenters. The molecule has 0 aromatic heterocycles.